The molecule has 1 aromatic heterocycles. The number of nitrogens with zero attached hydrogens (tertiary/aromatic N) is 1. The summed E-state index contributed by atoms with van der Waals surface area (Å²) in [5.41, 5.74) is 0. The Morgan fingerprint density at radius 1 is 1.30 bits per heavy atom. The Hall–Kier alpha value is -0.380. The fraction of sp³-hybridized carbons (Fsp3) is 0.765. The summed E-state index contributed by atoms with van der Waals surface area (Å²) in [6, 6.07) is 5.99. The zero-order valence-corrected chi connectivity index (χ0v) is 14.3. The van der Waals surface area contributed by atoms with E-state index in [0.717, 1.165) is 19.0 Å². The van der Waals surface area contributed by atoms with Crippen molar-refractivity contribution in [2.24, 2.45) is 5.92 Å². The minimum atomic E-state index is 0.668. The van der Waals surface area contributed by atoms with E-state index < -0.39 is 0 Å². The third-order valence-electron chi connectivity index (χ3n) is 4.76. The van der Waals surface area contributed by atoms with Gasteiger partial charge in [0.25, 0.3) is 0 Å². The molecule has 0 spiro atoms. The summed E-state index contributed by atoms with van der Waals surface area (Å²) >= 11 is 1.99. The van der Waals surface area contributed by atoms with Crippen LogP contribution in [0.5, 0.6) is 0 Å². The maximum atomic E-state index is 3.73. The van der Waals surface area contributed by atoms with Gasteiger partial charge in [-0.2, -0.15) is 0 Å². The monoisotopic (exact) mass is 294 g/mol. The maximum absolute atomic E-state index is 3.73. The van der Waals surface area contributed by atoms with Gasteiger partial charge in [-0.1, -0.05) is 34.1 Å². The summed E-state index contributed by atoms with van der Waals surface area (Å²) in [6.07, 6.45) is 3.66. The second kappa shape index (κ2) is 7.58. The van der Waals surface area contributed by atoms with E-state index in [1.165, 1.54) is 35.6 Å². The molecule has 0 bridgehead atoms. The van der Waals surface area contributed by atoms with Gasteiger partial charge in [0.05, 0.1) is 0 Å². The molecule has 3 atom stereocenters. The van der Waals surface area contributed by atoms with Crippen molar-refractivity contribution in [1.29, 1.82) is 0 Å². The molecule has 1 aliphatic heterocycles. The van der Waals surface area contributed by atoms with Gasteiger partial charge in [0.1, 0.15) is 0 Å². The number of nitrogens with one attached hydrogen (secondary N) is 1. The first-order valence-corrected chi connectivity index (χ1v) is 9.04. The van der Waals surface area contributed by atoms with Crippen molar-refractivity contribution in [1.82, 2.24) is 10.2 Å². The lowest BCUT2D eigenvalue weighted by Crippen LogP contribution is -2.57. The molecule has 1 fully saturated rings. The van der Waals surface area contributed by atoms with Crippen molar-refractivity contribution in [3.05, 3.63) is 21.9 Å². The first-order valence-electron chi connectivity index (χ1n) is 8.22. The molecule has 1 N–H and O–H groups in total. The summed E-state index contributed by atoms with van der Waals surface area (Å²) in [6.45, 7) is 12.7. The normalized spacial score (nSPS) is 25.8. The van der Waals surface area contributed by atoms with Gasteiger partial charge in [-0.25, -0.2) is 0 Å². The van der Waals surface area contributed by atoms with E-state index in [0.29, 0.717) is 12.1 Å². The molecule has 0 aromatic carbocycles. The molecular weight excluding hydrogens is 264 g/mol. The van der Waals surface area contributed by atoms with Crippen LogP contribution in [0.2, 0.25) is 0 Å². The van der Waals surface area contributed by atoms with Gasteiger partial charge in [-0.05, 0) is 30.9 Å². The fourth-order valence-electron chi connectivity index (χ4n) is 3.09. The van der Waals surface area contributed by atoms with Crippen molar-refractivity contribution in [2.45, 2.75) is 65.6 Å². The second-order valence-electron chi connectivity index (χ2n) is 6.12. The molecule has 3 heteroatoms. The van der Waals surface area contributed by atoms with Crippen LogP contribution in [-0.2, 0) is 13.0 Å². The molecule has 1 aromatic rings. The van der Waals surface area contributed by atoms with Crippen LogP contribution in [0.3, 0.4) is 0 Å². The standard InChI is InChI=1S/C17H30N2S/c1-5-13(4)17-10-18-14(6-2)11-19(17)12-16-9-8-15(7-3)20-16/h8-9,13-14,17-18H,5-7,10-12H2,1-4H3. The molecule has 0 saturated carbocycles. The minimum absolute atomic E-state index is 0.668. The van der Waals surface area contributed by atoms with Gasteiger partial charge in [0.15, 0.2) is 0 Å². The molecule has 2 heterocycles. The maximum Gasteiger partial charge on any atom is 0.0332 e. The Morgan fingerprint density at radius 2 is 2.05 bits per heavy atom. The number of aryl methyl sites for hydroxylation is 1. The van der Waals surface area contributed by atoms with E-state index >= 15 is 0 Å². The Kier molecular flexibility index (Phi) is 6.06. The largest absolute Gasteiger partial charge is 0.311 e. The highest BCUT2D eigenvalue weighted by Crippen LogP contribution is 2.24. The van der Waals surface area contributed by atoms with Crippen molar-refractivity contribution >= 4 is 11.3 Å². The van der Waals surface area contributed by atoms with Gasteiger partial charge < -0.3 is 5.32 Å². The molecular formula is C17H30N2S. The average Bonchev–Trinajstić information content (AvgIpc) is 2.94. The third kappa shape index (κ3) is 3.84. The highest BCUT2D eigenvalue weighted by molar-refractivity contribution is 7.11. The van der Waals surface area contributed by atoms with Crippen LogP contribution in [0.15, 0.2) is 12.1 Å². The van der Waals surface area contributed by atoms with Crippen LogP contribution in [0.1, 0.15) is 50.3 Å². The van der Waals surface area contributed by atoms with E-state index in [-0.39, 0.29) is 0 Å². The topological polar surface area (TPSA) is 15.3 Å². The summed E-state index contributed by atoms with van der Waals surface area (Å²) in [7, 11) is 0. The summed E-state index contributed by atoms with van der Waals surface area (Å²) in [4.78, 5) is 5.78. The summed E-state index contributed by atoms with van der Waals surface area (Å²) < 4.78 is 0. The second-order valence-corrected chi connectivity index (χ2v) is 7.37. The van der Waals surface area contributed by atoms with Crippen LogP contribution in [-0.4, -0.2) is 30.1 Å². The predicted molar refractivity (Wildman–Crippen MR) is 89.4 cm³/mol. The van der Waals surface area contributed by atoms with E-state index in [4.69, 9.17) is 0 Å². The molecule has 0 aliphatic carbocycles. The van der Waals surface area contributed by atoms with E-state index in [1.807, 2.05) is 11.3 Å². The van der Waals surface area contributed by atoms with E-state index in [2.05, 4.69) is 50.0 Å². The van der Waals surface area contributed by atoms with Gasteiger partial charge in [0, 0.05) is 41.5 Å². The molecule has 2 nitrogen and oxygen atoms in total. The zero-order chi connectivity index (χ0) is 14.5. The molecule has 3 unspecified atom stereocenters. The number of piperazine rings is 1. The van der Waals surface area contributed by atoms with E-state index in [9.17, 15) is 0 Å². The van der Waals surface area contributed by atoms with Crippen molar-refractivity contribution < 1.29 is 0 Å². The Morgan fingerprint density at radius 3 is 2.65 bits per heavy atom. The van der Waals surface area contributed by atoms with Crippen LogP contribution in [0.25, 0.3) is 0 Å². The van der Waals surface area contributed by atoms with Crippen LogP contribution in [0.4, 0.5) is 0 Å². The lowest BCUT2D eigenvalue weighted by atomic mass is 9.94. The highest BCUT2D eigenvalue weighted by Gasteiger charge is 2.30. The van der Waals surface area contributed by atoms with Gasteiger partial charge in [-0.15, -0.1) is 11.3 Å². The van der Waals surface area contributed by atoms with Gasteiger partial charge in [0.2, 0.25) is 0 Å². The first kappa shape index (κ1) is 16.0. The SMILES string of the molecule is CCc1ccc(CN2CC(CC)NCC2C(C)CC)s1. The Balaban J connectivity index is 2.05. The molecule has 1 aliphatic rings. The fourth-order valence-corrected chi connectivity index (χ4v) is 4.07. The number of hydrogen-bond acceptors (Lipinski definition) is 3. The van der Waals surface area contributed by atoms with E-state index in [1.54, 1.807) is 0 Å². The van der Waals surface area contributed by atoms with Crippen LogP contribution < -0.4 is 5.32 Å². The van der Waals surface area contributed by atoms with Gasteiger partial charge in [-0.3, -0.25) is 4.90 Å². The average molecular weight is 295 g/mol. The number of rotatable bonds is 6. The summed E-state index contributed by atoms with van der Waals surface area (Å²) in [5.74, 6) is 0.769. The number of hydrogen-bond donors (Lipinski definition) is 1. The zero-order valence-electron chi connectivity index (χ0n) is 13.5. The Labute approximate surface area is 128 Å². The Bertz CT molecular complexity index is 401. The minimum Gasteiger partial charge on any atom is -0.311 e. The van der Waals surface area contributed by atoms with Gasteiger partial charge >= 0.3 is 0 Å². The van der Waals surface area contributed by atoms with Crippen molar-refractivity contribution in [2.75, 3.05) is 13.1 Å². The summed E-state index contributed by atoms with van der Waals surface area (Å²) in [5, 5.41) is 3.73. The van der Waals surface area contributed by atoms with Crippen LogP contribution >= 0.6 is 11.3 Å². The van der Waals surface area contributed by atoms with Crippen LogP contribution in [0, 0.1) is 5.92 Å². The molecule has 0 amide bonds. The smallest absolute Gasteiger partial charge is 0.0332 e. The molecule has 114 valence electrons. The number of thiophene rings is 1. The highest BCUT2D eigenvalue weighted by atomic mass is 32.1. The molecule has 20 heavy (non-hydrogen) atoms. The quantitative estimate of drug-likeness (QED) is 0.856. The molecule has 0 radical (unpaired) electrons. The lowest BCUT2D eigenvalue weighted by molar-refractivity contribution is 0.0842. The molecule has 2 rings (SSSR count). The first-order chi connectivity index (χ1) is 9.67. The van der Waals surface area contributed by atoms with Crippen molar-refractivity contribution in [3.8, 4) is 0 Å². The predicted octanol–water partition coefficient (Wildman–Crippen LogP) is 3.91. The third-order valence-corrected chi connectivity index (χ3v) is 5.97. The van der Waals surface area contributed by atoms with Crippen molar-refractivity contribution in [3.63, 3.8) is 0 Å². The molecule has 1 saturated heterocycles. The lowest BCUT2D eigenvalue weighted by Gasteiger charge is -2.42.